The molecule has 1 aliphatic rings. The number of amides is 1. The van der Waals surface area contributed by atoms with Crippen LogP contribution in [0.1, 0.15) is 30.5 Å². The van der Waals surface area contributed by atoms with Gasteiger partial charge < -0.3 is 24.7 Å². The third-order valence-electron chi connectivity index (χ3n) is 5.92. The number of methoxy groups -OCH3 is 1. The maximum Gasteiger partial charge on any atom is 0.221 e. The number of halogens is 1. The summed E-state index contributed by atoms with van der Waals surface area (Å²) in [5, 5.41) is 6.78. The summed E-state index contributed by atoms with van der Waals surface area (Å²) in [4.78, 5) is 18.4. The number of benzene rings is 2. The molecule has 0 aliphatic carbocycles. The molecule has 2 aromatic heterocycles. The fourth-order valence-electron chi connectivity index (χ4n) is 4.34. The van der Waals surface area contributed by atoms with Crippen LogP contribution in [-0.2, 0) is 4.79 Å². The second-order valence-corrected chi connectivity index (χ2v) is 9.57. The van der Waals surface area contributed by atoms with Gasteiger partial charge >= 0.3 is 0 Å². The first-order valence-electron chi connectivity index (χ1n) is 11.3. The normalized spacial score (nSPS) is 17.1. The van der Waals surface area contributed by atoms with Crippen molar-refractivity contribution in [3.8, 4) is 17.1 Å². The van der Waals surface area contributed by atoms with Gasteiger partial charge in [0.15, 0.2) is 5.11 Å². The molecule has 1 amide bonds. The van der Waals surface area contributed by atoms with Crippen LogP contribution in [0.25, 0.3) is 11.3 Å². The summed E-state index contributed by atoms with van der Waals surface area (Å²) in [7, 11) is 1.56. The maximum atomic E-state index is 11.8. The van der Waals surface area contributed by atoms with Crippen LogP contribution >= 0.6 is 28.1 Å². The van der Waals surface area contributed by atoms with E-state index in [0.29, 0.717) is 16.5 Å². The highest BCUT2D eigenvalue weighted by molar-refractivity contribution is 9.10. The van der Waals surface area contributed by atoms with Crippen LogP contribution in [0, 0.1) is 0 Å². The molecule has 182 valence electrons. The fourth-order valence-corrected chi connectivity index (χ4v) is 4.95. The van der Waals surface area contributed by atoms with Gasteiger partial charge in [0.2, 0.25) is 5.91 Å². The Morgan fingerprint density at radius 2 is 1.94 bits per heavy atom. The molecule has 0 bridgehead atoms. The standard InChI is InChI=1S/C27H23BrN4O3S/c1-16(33)30-21-15-19(10-11-23(21)34-2)32-26(25(31-27(32)36)20-5-3-4-14-29-20)24-13-12-22(35-24)17-6-8-18(28)9-7-17/h3-15,25-26H,1-2H3,(H,30,33)(H,31,36)/t25-,26+/m0/s1. The number of carbonyl (C=O) groups excluding carboxylic acids is 1. The van der Waals surface area contributed by atoms with Crippen LogP contribution in [0.15, 0.2) is 87.9 Å². The van der Waals surface area contributed by atoms with Gasteiger partial charge in [0.1, 0.15) is 23.3 Å². The fraction of sp³-hybridized carbons (Fsp3) is 0.148. The van der Waals surface area contributed by atoms with E-state index in [1.165, 1.54) is 6.92 Å². The molecule has 7 nitrogen and oxygen atoms in total. The summed E-state index contributed by atoms with van der Waals surface area (Å²) in [6.45, 7) is 1.46. The number of thiocarbonyl (C=S) groups is 1. The SMILES string of the molecule is COc1ccc(N2C(=S)N[C@@H](c3ccccn3)[C@H]2c2ccc(-c3ccc(Br)cc3)o2)cc1NC(C)=O. The Kier molecular flexibility index (Phi) is 6.75. The Balaban J connectivity index is 1.60. The molecule has 2 aromatic carbocycles. The molecule has 3 heterocycles. The summed E-state index contributed by atoms with van der Waals surface area (Å²) in [6.07, 6.45) is 1.76. The number of nitrogens with zero attached hydrogens (tertiary/aromatic N) is 2. The van der Waals surface area contributed by atoms with Crippen molar-refractivity contribution in [1.82, 2.24) is 10.3 Å². The Bertz CT molecular complexity index is 1410. The number of hydrogen-bond donors (Lipinski definition) is 2. The van der Waals surface area contributed by atoms with Crippen LogP contribution in [0.5, 0.6) is 5.75 Å². The molecule has 1 fully saturated rings. The number of ether oxygens (including phenoxy) is 1. The van der Waals surface area contributed by atoms with Gasteiger partial charge in [-0.15, -0.1) is 0 Å². The van der Waals surface area contributed by atoms with Gasteiger partial charge in [0, 0.05) is 28.8 Å². The van der Waals surface area contributed by atoms with Gasteiger partial charge in [-0.2, -0.15) is 0 Å². The zero-order valence-corrected chi connectivity index (χ0v) is 22.0. The van der Waals surface area contributed by atoms with E-state index in [9.17, 15) is 4.79 Å². The Morgan fingerprint density at radius 3 is 2.64 bits per heavy atom. The molecule has 4 aromatic rings. The van der Waals surface area contributed by atoms with Crippen molar-refractivity contribution >= 4 is 50.5 Å². The van der Waals surface area contributed by atoms with Crippen LogP contribution in [-0.4, -0.2) is 23.1 Å². The van der Waals surface area contributed by atoms with E-state index in [0.717, 1.165) is 32.9 Å². The van der Waals surface area contributed by atoms with Gasteiger partial charge in [0.25, 0.3) is 0 Å². The summed E-state index contributed by atoms with van der Waals surface area (Å²) in [6, 6.07) is 22.7. The largest absolute Gasteiger partial charge is 0.495 e. The number of hydrogen-bond acceptors (Lipinski definition) is 5. The van der Waals surface area contributed by atoms with Crippen LogP contribution in [0.3, 0.4) is 0 Å². The third kappa shape index (κ3) is 4.72. The molecule has 9 heteroatoms. The van der Waals surface area contributed by atoms with E-state index in [4.69, 9.17) is 21.4 Å². The minimum Gasteiger partial charge on any atom is -0.495 e. The van der Waals surface area contributed by atoms with Gasteiger partial charge in [-0.25, -0.2) is 0 Å². The number of furan rings is 1. The molecule has 5 rings (SSSR count). The number of nitrogens with one attached hydrogen (secondary N) is 2. The highest BCUT2D eigenvalue weighted by Gasteiger charge is 2.42. The van der Waals surface area contributed by atoms with Crippen molar-refractivity contribution in [2.45, 2.75) is 19.0 Å². The molecule has 0 unspecified atom stereocenters. The number of pyridine rings is 1. The highest BCUT2D eigenvalue weighted by Crippen LogP contribution is 2.44. The minimum atomic E-state index is -0.324. The molecular weight excluding hydrogens is 540 g/mol. The van der Waals surface area contributed by atoms with E-state index in [1.807, 2.05) is 77.7 Å². The highest BCUT2D eigenvalue weighted by atomic mass is 79.9. The monoisotopic (exact) mass is 562 g/mol. The van der Waals surface area contributed by atoms with Gasteiger partial charge in [-0.3, -0.25) is 9.78 Å². The molecule has 0 radical (unpaired) electrons. The number of rotatable bonds is 6. The molecule has 1 saturated heterocycles. The Labute approximate surface area is 222 Å². The van der Waals surface area contributed by atoms with E-state index in [-0.39, 0.29) is 18.0 Å². The second kappa shape index (κ2) is 10.1. The van der Waals surface area contributed by atoms with Crippen molar-refractivity contribution in [3.05, 3.63) is 94.9 Å². The average molecular weight is 563 g/mol. The summed E-state index contributed by atoms with van der Waals surface area (Å²) >= 11 is 9.29. The summed E-state index contributed by atoms with van der Waals surface area (Å²) in [5.74, 6) is 1.84. The Morgan fingerprint density at radius 1 is 1.14 bits per heavy atom. The lowest BCUT2D eigenvalue weighted by Crippen LogP contribution is -2.29. The first kappa shape index (κ1) is 24.0. The summed E-state index contributed by atoms with van der Waals surface area (Å²) < 4.78 is 12.8. The molecule has 0 saturated carbocycles. The average Bonchev–Trinajstić information content (AvgIpc) is 3.49. The van der Waals surface area contributed by atoms with Crippen molar-refractivity contribution in [1.29, 1.82) is 0 Å². The van der Waals surface area contributed by atoms with E-state index in [2.05, 4.69) is 31.5 Å². The Hall–Kier alpha value is -3.69. The topological polar surface area (TPSA) is 79.6 Å². The zero-order valence-electron chi connectivity index (χ0n) is 19.6. The third-order valence-corrected chi connectivity index (χ3v) is 6.76. The lowest BCUT2D eigenvalue weighted by Gasteiger charge is -2.27. The van der Waals surface area contributed by atoms with Crippen molar-refractivity contribution in [3.63, 3.8) is 0 Å². The maximum absolute atomic E-state index is 11.8. The van der Waals surface area contributed by atoms with E-state index >= 15 is 0 Å². The predicted molar refractivity (Wildman–Crippen MR) is 147 cm³/mol. The van der Waals surface area contributed by atoms with Gasteiger partial charge in [0.05, 0.1) is 24.5 Å². The quantitative estimate of drug-likeness (QED) is 0.269. The molecule has 2 atom stereocenters. The van der Waals surface area contributed by atoms with Crippen molar-refractivity contribution < 1.29 is 13.9 Å². The molecule has 2 N–H and O–H groups in total. The molecular formula is C27H23BrN4O3S. The van der Waals surface area contributed by atoms with Gasteiger partial charge in [-0.1, -0.05) is 34.1 Å². The minimum absolute atomic E-state index is 0.194. The lowest BCUT2D eigenvalue weighted by molar-refractivity contribution is -0.114. The smallest absolute Gasteiger partial charge is 0.221 e. The summed E-state index contributed by atoms with van der Waals surface area (Å²) in [5.41, 5.74) is 3.14. The first-order valence-corrected chi connectivity index (χ1v) is 12.5. The number of aromatic nitrogens is 1. The van der Waals surface area contributed by atoms with Crippen molar-refractivity contribution in [2.24, 2.45) is 0 Å². The van der Waals surface area contributed by atoms with Gasteiger partial charge in [-0.05, 0) is 66.8 Å². The number of carbonyl (C=O) groups is 1. The van der Waals surface area contributed by atoms with Crippen LogP contribution < -0.4 is 20.3 Å². The van der Waals surface area contributed by atoms with Crippen LogP contribution in [0.2, 0.25) is 0 Å². The van der Waals surface area contributed by atoms with E-state index in [1.54, 1.807) is 13.3 Å². The number of anilines is 2. The molecule has 0 spiro atoms. The lowest BCUT2D eigenvalue weighted by atomic mass is 10.0. The molecule has 1 aliphatic heterocycles. The zero-order chi connectivity index (χ0) is 25.2. The van der Waals surface area contributed by atoms with Crippen LogP contribution in [0.4, 0.5) is 11.4 Å². The first-order chi connectivity index (χ1) is 17.4. The van der Waals surface area contributed by atoms with E-state index < -0.39 is 0 Å². The van der Waals surface area contributed by atoms with Crippen molar-refractivity contribution in [2.75, 3.05) is 17.3 Å². The second-order valence-electron chi connectivity index (χ2n) is 8.27. The molecule has 36 heavy (non-hydrogen) atoms. The predicted octanol–water partition coefficient (Wildman–Crippen LogP) is 6.25.